The summed E-state index contributed by atoms with van der Waals surface area (Å²) in [5.74, 6) is -0.360. The number of nitrogens with one attached hydrogen (secondary N) is 2. The van der Waals surface area contributed by atoms with E-state index in [2.05, 4.69) is 26.6 Å². The van der Waals surface area contributed by atoms with Gasteiger partial charge in [-0.15, -0.1) is 0 Å². The Morgan fingerprint density at radius 3 is 2.58 bits per heavy atom. The van der Waals surface area contributed by atoms with E-state index in [-0.39, 0.29) is 17.5 Å². The maximum atomic E-state index is 11.6. The van der Waals surface area contributed by atoms with Crippen LogP contribution in [0.4, 0.5) is 0 Å². The van der Waals surface area contributed by atoms with E-state index in [4.69, 9.17) is 5.26 Å². The normalized spacial score (nSPS) is 11.0. The van der Waals surface area contributed by atoms with Crippen LogP contribution < -0.4 is 10.6 Å². The van der Waals surface area contributed by atoms with E-state index in [1.54, 1.807) is 0 Å². The highest BCUT2D eigenvalue weighted by Gasteiger charge is 2.09. The summed E-state index contributed by atoms with van der Waals surface area (Å²) in [5.41, 5.74) is 1.15. The molecule has 4 nitrogen and oxygen atoms in total. The number of amides is 1. The predicted molar refractivity (Wildman–Crippen MR) is 78.0 cm³/mol. The second-order valence-electron chi connectivity index (χ2n) is 4.31. The summed E-state index contributed by atoms with van der Waals surface area (Å²) in [5, 5.41) is 14.6. The van der Waals surface area contributed by atoms with Crippen LogP contribution in [-0.2, 0) is 11.3 Å². The quantitative estimate of drug-likeness (QED) is 0.646. The molecular weight excluding hydrogens is 306 g/mol. The Hall–Kier alpha value is -1.80. The molecule has 0 saturated carbocycles. The van der Waals surface area contributed by atoms with E-state index in [0.29, 0.717) is 6.54 Å². The third kappa shape index (κ3) is 5.58. The van der Waals surface area contributed by atoms with Crippen molar-refractivity contribution in [2.75, 3.05) is 0 Å². The van der Waals surface area contributed by atoms with Crippen LogP contribution in [0.5, 0.6) is 0 Å². The number of halogens is 1. The van der Waals surface area contributed by atoms with E-state index in [1.807, 2.05) is 44.2 Å². The Balaban J connectivity index is 2.56. The van der Waals surface area contributed by atoms with Gasteiger partial charge in [0, 0.05) is 23.3 Å². The minimum atomic E-state index is -0.360. The number of nitrogens with zero attached hydrogens (tertiary/aromatic N) is 1. The Morgan fingerprint density at radius 1 is 1.42 bits per heavy atom. The third-order valence-electron chi connectivity index (χ3n) is 2.25. The smallest absolute Gasteiger partial charge is 0.263 e. The van der Waals surface area contributed by atoms with Crippen molar-refractivity contribution in [3.63, 3.8) is 0 Å². The molecule has 0 radical (unpaired) electrons. The predicted octanol–water partition coefficient (Wildman–Crippen LogP) is 2.47. The molecule has 0 aliphatic rings. The molecule has 0 atom stereocenters. The molecule has 0 aliphatic heterocycles. The van der Waals surface area contributed by atoms with Crippen molar-refractivity contribution in [3.05, 3.63) is 46.1 Å². The first-order valence-corrected chi connectivity index (χ1v) is 6.71. The summed E-state index contributed by atoms with van der Waals surface area (Å²) in [6.45, 7) is 4.26. The number of hydrogen-bond donors (Lipinski definition) is 2. The molecule has 0 bridgehead atoms. The average Bonchev–Trinajstić information content (AvgIpc) is 2.36. The molecule has 0 saturated heterocycles. The first-order chi connectivity index (χ1) is 9.02. The SMILES string of the molecule is CC(C)NC(=O)/C(C#N)=C\NCc1ccc(Br)cc1. The van der Waals surface area contributed by atoms with E-state index in [1.165, 1.54) is 6.20 Å². The summed E-state index contributed by atoms with van der Waals surface area (Å²) in [6, 6.07) is 9.70. The summed E-state index contributed by atoms with van der Waals surface area (Å²) < 4.78 is 1.01. The van der Waals surface area contributed by atoms with Gasteiger partial charge in [-0.1, -0.05) is 28.1 Å². The average molecular weight is 322 g/mol. The number of benzene rings is 1. The first-order valence-electron chi connectivity index (χ1n) is 5.92. The van der Waals surface area contributed by atoms with Crippen molar-refractivity contribution in [2.45, 2.75) is 26.4 Å². The molecule has 0 unspecified atom stereocenters. The molecule has 1 aromatic rings. The van der Waals surface area contributed by atoms with Gasteiger partial charge in [0.05, 0.1) is 0 Å². The first kappa shape index (κ1) is 15.3. The number of rotatable bonds is 5. The van der Waals surface area contributed by atoms with Gasteiger partial charge in [-0.25, -0.2) is 0 Å². The molecule has 2 N–H and O–H groups in total. The van der Waals surface area contributed by atoms with Crippen LogP contribution in [0.3, 0.4) is 0 Å². The van der Waals surface area contributed by atoms with Gasteiger partial charge in [-0.3, -0.25) is 4.79 Å². The molecule has 100 valence electrons. The van der Waals surface area contributed by atoms with Crippen LogP contribution in [0.25, 0.3) is 0 Å². The molecule has 0 aliphatic carbocycles. The fraction of sp³-hybridized carbons (Fsp3) is 0.286. The molecule has 1 rings (SSSR count). The van der Waals surface area contributed by atoms with E-state index >= 15 is 0 Å². The van der Waals surface area contributed by atoms with Crippen LogP contribution in [0.15, 0.2) is 40.5 Å². The lowest BCUT2D eigenvalue weighted by Gasteiger charge is -2.07. The van der Waals surface area contributed by atoms with Crippen LogP contribution >= 0.6 is 15.9 Å². The van der Waals surface area contributed by atoms with E-state index in [0.717, 1.165) is 10.0 Å². The molecule has 5 heteroatoms. The molecule has 0 fully saturated rings. The summed E-state index contributed by atoms with van der Waals surface area (Å²) >= 11 is 3.36. The van der Waals surface area contributed by atoms with Crippen molar-refractivity contribution in [3.8, 4) is 6.07 Å². The Kier molecular flexibility index (Phi) is 6.10. The van der Waals surface area contributed by atoms with Crippen LogP contribution in [-0.4, -0.2) is 11.9 Å². The Labute approximate surface area is 121 Å². The van der Waals surface area contributed by atoms with Crippen molar-refractivity contribution in [2.24, 2.45) is 0 Å². The van der Waals surface area contributed by atoms with Crippen molar-refractivity contribution in [1.82, 2.24) is 10.6 Å². The Bertz CT molecular complexity index is 500. The van der Waals surface area contributed by atoms with Gasteiger partial charge in [0.1, 0.15) is 11.6 Å². The van der Waals surface area contributed by atoms with Crippen LogP contribution in [0.1, 0.15) is 19.4 Å². The zero-order valence-corrected chi connectivity index (χ0v) is 12.5. The minimum absolute atomic E-state index is 0.00993. The molecule has 1 amide bonds. The summed E-state index contributed by atoms with van der Waals surface area (Å²) in [4.78, 5) is 11.6. The summed E-state index contributed by atoms with van der Waals surface area (Å²) in [7, 11) is 0. The second kappa shape index (κ2) is 7.59. The number of hydrogen-bond acceptors (Lipinski definition) is 3. The lowest BCUT2D eigenvalue weighted by molar-refractivity contribution is -0.117. The number of carbonyl (C=O) groups is 1. The van der Waals surface area contributed by atoms with Gasteiger partial charge in [-0.05, 0) is 31.5 Å². The standard InChI is InChI=1S/C14H16BrN3O/c1-10(2)18-14(19)12(7-16)9-17-8-11-3-5-13(15)6-4-11/h3-6,9-10,17H,8H2,1-2H3,(H,18,19)/b12-9-. The topological polar surface area (TPSA) is 64.9 Å². The largest absolute Gasteiger partial charge is 0.386 e. The van der Waals surface area contributed by atoms with Gasteiger partial charge >= 0.3 is 0 Å². The van der Waals surface area contributed by atoms with E-state index in [9.17, 15) is 4.79 Å². The van der Waals surface area contributed by atoms with Gasteiger partial charge in [0.25, 0.3) is 5.91 Å². The molecule has 1 aromatic carbocycles. The molecule has 0 heterocycles. The zero-order chi connectivity index (χ0) is 14.3. The minimum Gasteiger partial charge on any atom is -0.386 e. The van der Waals surface area contributed by atoms with Gasteiger partial charge < -0.3 is 10.6 Å². The maximum absolute atomic E-state index is 11.6. The maximum Gasteiger partial charge on any atom is 0.263 e. The van der Waals surface area contributed by atoms with Crippen molar-refractivity contribution < 1.29 is 4.79 Å². The number of carbonyl (C=O) groups excluding carboxylic acids is 1. The van der Waals surface area contributed by atoms with E-state index < -0.39 is 0 Å². The molecule has 0 spiro atoms. The lowest BCUT2D eigenvalue weighted by atomic mass is 10.2. The van der Waals surface area contributed by atoms with Gasteiger partial charge in [0.15, 0.2) is 0 Å². The van der Waals surface area contributed by atoms with Crippen molar-refractivity contribution in [1.29, 1.82) is 5.26 Å². The van der Waals surface area contributed by atoms with Gasteiger partial charge in [0.2, 0.25) is 0 Å². The lowest BCUT2D eigenvalue weighted by Crippen LogP contribution is -2.31. The van der Waals surface area contributed by atoms with Crippen LogP contribution in [0, 0.1) is 11.3 Å². The third-order valence-corrected chi connectivity index (χ3v) is 2.78. The molecular formula is C14H16BrN3O. The fourth-order valence-electron chi connectivity index (χ4n) is 1.36. The monoisotopic (exact) mass is 321 g/mol. The fourth-order valence-corrected chi connectivity index (χ4v) is 1.63. The van der Waals surface area contributed by atoms with Crippen LogP contribution in [0.2, 0.25) is 0 Å². The summed E-state index contributed by atoms with van der Waals surface area (Å²) in [6.07, 6.45) is 1.44. The number of nitriles is 1. The highest BCUT2D eigenvalue weighted by Crippen LogP contribution is 2.10. The van der Waals surface area contributed by atoms with Crippen molar-refractivity contribution >= 4 is 21.8 Å². The van der Waals surface area contributed by atoms with Gasteiger partial charge in [-0.2, -0.15) is 5.26 Å². The zero-order valence-electron chi connectivity index (χ0n) is 10.9. The molecule has 0 aromatic heterocycles. The highest BCUT2D eigenvalue weighted by molar-refractivity contribution is 9.10. The Morgan fingerprint density at radius 2 is 2.05 bits per heavy atom. The second-order valence-corrected chi connectivity index (χ2v) is 5.22. The highest BCUT2D eigenvalue weighted by atomic mass is 79.9. The molecule has 19 heavy (non-hydrogen) atoms.